The number of benzene rings is 1. The van der Waals surface area contributed by atoms with Gasteiger partial charge in [-0.2, -0.15) is 0 Å². The molecule has 1 atom stereocenters. The topological polar surface area (TPSA) is 143 Å². The molecular formula is C33H41FN6O4S2. The first-order chi connectivity index (χ1) is 21.7. The van der Waals surface area contributed by atoms with Crippen LogP contribution in [0.15, 0.2) is 94.2 Å². The van der Waals surface area contributed by atoms with E-state index in [1.54, 1.807) is 37.6 Å². The highest BCUT2D eigenvalue weighted by Crippen LogP contribution is 2.38. The summed E-state index contributed by atoms with van der Waals surface area (Å²) >= 11 is 2.29. The Morgan fingerprint density at radius 2 is 1.89 bits per heavy atom. The molecule has 0 radical (unpaired) electrons. The lowest BCUT2D eigenvalue weighted by molar-refractivity contribution is -0.118. The molecule has 0 aliphatic carbocycles. The van der Waals surface area contributed by atoms with Gasteiger partial charge in [-0.15, -0.1) is 0 Å². The average molecular weight is 669 g/mol. The van der Waals surface area contributed by atoms with Crippen LogP contribution in [0.2, 0.25) is 0 Å². The van der Waals surface area contributed by atoms with Crippen molar-refractivity contribution in [2.75, 3.05) is 18.9 Å². The lowest BCUT2D eigenvalue weighted by Crippen LogP contribution is -2.41. The highest BCUT2D eigenvalue weighted by molar-refractivity contribution is 8.05. The number of thioether (sulfide) groups is 1. The first-order valence-corrected chi connectivity index (χ1v) is 16.2. The second-order valence-electron chi connectivity index (χ2n) is 11.4. The maximum Gasteiger partial charge on any atom is 0.410 e. The van der Waals surface area contributed by atoms with Crippen LogP contribution in [0.4, 0.5) is 20.1 Å². The summed E-state index contributed by atoms with van der Waals surface area (Å²) in [5, 5.41) is 17.5. The Kier molecular flexibility index (Phi) is 12.9. The second-order valence-corrected chi connectivity index (χ2v) is 13.8. The number of aliphatic hydroxyl groups is 1. The van der Waals surface area contributed by atoms with E-state index in [1.807, 2.05) is 52.0 Å². The monoisotopic (exact) mass is 668 g/mol. The predicted molar refractivity (Wildman–Crippen MR) is 182 cm³/mol. The number of thiazole rings is 1. The third-order valence-corrected chi connectivity index (χ3v) is 8.45. The van der Waals surface area contributed by atoms with E-state index in [4.69, 9.17) is 10.5 Å². The van der Waals surface area contributed by atoms with Gasteiger partial charge in [0.1, 0.15) is 22.8 Å². The fourth-order valence-electron chi connectivity index (χ4n) is 4.17. The summed E-state index contributed by atoms with van der Waals surface area (Å²) in [6.07, 6.45) is 6.39. The third-order valence-electron chi connectivity index (χ3n) is 6.40. The normalized spacial score (nSPS) is 13.5. The first-order valence-electron chi connectivity index (χ1n) is 14.6. The van der Waals surface area contributed by atoms with Crippen molar-refractivity contribution in [1.82, 2.24) is 20.2 Å². The Morgan fingerprint density at radius 1 is 1.17 bits per heavy atom. The van der Waals surface area contributed by atoms with E-state index in [9.17, 15) is 14.7 Å². The highest BCUT2D eigenvalue weighted by Gasteiger charge is 2.29. The molecule has 46 heavy (non-hydrogen) atoms. The van der Waals surface area contributed by atoms with Crippen molar-refractivity contribution >= 4 is 46.0 Å². The van der Waals surface area contributed by atoms with Gasteiger partial charge in [-0.05, 0) is 56.7 Å². The number of nitrogens with two attached hydrogens (primary N) is 1. The quantitative estimate of drug-likeness (QED) is 0.0833. The molecule has 0 aliphatic heterocycles. The van der Waals surface area contributed by atoms with E-state index >= 15 is 4.39 Å². The maximum absolute atomic E-state index is 15.5. The zero-order chi connectivity index (χ0) is 33.9. The van der Waals surface area contributed by atoms with Gasteiger partial charge in [0.2, 0.25) is 0 Å². The number of nitrogens with zero attached hydrogens (tertiary/aromatic N) is 3. The molecule has 2 aromatic heterocycles. The van der Waals surface area contributed by atoms with Gasteiger partial charge < -0.3 is 31.1 Å². The fraction of sp³-hybridized carbons (Fsp3) is 0.333. The van der Waals surface area contributed by atoms with Gasteiger partial charge in [-0.25, -0.2) is 19.2 Å². The molecule has 2 heterocycles. The summed E-state index contributed by atoms with van der Waals surface area (Å²) in [4.78, 5) is 35.4. The molecule has 0 spiro atoms. The zero-order valence-corrected chi connectivity index (χ0v) is 28.3. The molecular weight excluding hydrogens is 628 g/mol. The van der Waals surface area contributed by atoms with Crippen molar-refractivity contribution < 1.29 is 23.8 Å². The van der Waals surface area contributed by atoms with Gasteiger partial charge in [-0.3, -0.25) is 4.79 Å². The van der Waals surface area contributed by atoms with Gasteiger partial charge >= 0.3 is 6.09 Å². The molecule has 3 aromatic rings. The summed E-state index contributed by atoms with van der Waals surface area (Å²) in [5.41, 5.74) is 4.77. The molecule has 5 N–H and O–H groups in total. The molecule has 3 rings (SSSR count). The molecule has 10 nitrogen and oxygen atoms in total. The summed E-state index contributed by atoms with van der Waals surface area (Å²) in [6.45, 7) is 11.2. The number of carbonyl (C=O) groups excluding carboxylic acids is 2. The van der Waals surface area contributed by atoms with E-state index in [1.165, 1.54) is 28.5 Å². The second kappa shape index (κ2) is 16.4. The van der Waals surface area contributed by atoms with Crippen molar-refractivity contribution in [3.8, 4) is 0 Å². The number of hydrogen-bond acceptors (Lipinski definition) is 10. The number of aromatic nitrogens is 2. The number of anilines is 2. The van der Waals surface area contributed by atoms with Crippen LogP contribution in [0.1, 0.15) is 51.7 Å². The van der Waals surface area contributed by atoms with E-state index in [0.717, 1.165) is 17.3 Å². The smallest absolute Gasteiger partial charge is 0.410 e. The number of rotatable bonds is 14. The predicted octanol–water partition coefficient (Wildman–Crippen LogP) is 6.75. The van der Waals surface area contributed by atoms with Gasteiger partial charge in [0.25, 0.3) is 5.91 Å². The molecule has 246 valence electrons. The highest BCUT2D eigenvalue weighted by atomic mass is 32.2. The standard InChI is InChI=1S/C33H41FN6O4S2/c1-7-16-33(43,24-11-9-8-10-12-24)21-38-29(41)22(2)28(34)25(15-17-35)45-27-19-37-30(46-27)39-26-14-13-23(18-36-26)20-40(6)31(42)44-32(3,4)5/h8-15,17-19,43H,2,7,16,20-21,35H2,1,3-6H3,(H,38,41)(H,36,37,39)/b17-15-,28-25-. The minimum atomic E-state index is -1.31. The minimum absolute atomic E-state index is 0.0707. The van der Waals surface area contributed by atoms with Gasteiger partial charge in [0.05, 0.1) is 34.0 Å². The van der Waals surface area contributed by atoms with Gasteiger partial charge in [-0.1, -0.05) is 79.4 Å². The Labute approximate surface area is 277 Å². The minimum Gasteiger partial charge on any atom is -0.444 e. The number of pyridine rings is 1. The molecule has 13 heteroatoms. The van der Waals surface area contributed by atoms with E-state index in [0.29, 0.717) is 40.1 Å². The van der Waals surface area contributed by atoms with Crippen LogP contribution in [-0.2, 0) is 21.7 Å². The van der Waals surface area contributed by atoms with Crippen LogP contribution in [0, 0.1) is 0 Å². The maximum atomic E-state index is 15.5. The van der Waals surface area contributed by atoms with Crippen molar-refractivity contribution in [1.29, 1.82) is 0 Å². The summed E-state index contributed by atoms with van der Waals surface area (Å²) in [7, 11) is 1.65. The first kappa shape index (κ1) is 36.3. The summed E-state index contributed by atoms with van der Waals surface area (Å²) in [6, 6.07) is 12.6. The molecule has 1 unspecified atom stereocenters. The molecule has 0 saturated carbocycles. The van der Waals surface area contributed by atoms with Crippen LogP contribution in [0.3, 0.4) is 0 Å². The SMILES string of the molecule is C=C(C(=O)NCC(O)(CCC)c1ccccc1)/C(F)=C(\C=C/N)Sc1cnc(Nc2ccc(CN(C)C(=O)OC(C)(C)C)cn2)s1. The summed E-state index contributed by atoms with van der Waals surface area (Å²) in [5.74, 6) is -1.06. The van der Waals surface area contributed by atoms with Crippen LogP contribution in [-0.4, -0.2) is 51.2 Å². The Balaban J connectivity index is 1.63. The van der Waals surface area contributed by atoms with E-state index in [-0.39, 0.29) is 11.4 Å². The fourth-order valence-corrected chi connectivity index (χ4v) is 6.08. The average Bonchev–Trinajstić information content (AvgIpc) is 3.46. The Bertz CT molecular complexity index is 1550. The van der Waals surface area contributed by atoms with Gasteiger partial charge in [0.15, 0.2) is 5.13 Å². The largest absolute Gasteiger partial charge is 0.444 e. The molecule has 0 aliphatic rings. The third kappa shape index (κ3) is 10.7. The molecule has 1 aromatic carbocycles. The van der Waals surface area contributed by atoms with Gasteiger partial charge in [0, 0.05) is 13.2 Å². The zero-order valence-electron chi connectivity index (χ0n) is 26.7. The Morgan fingerprint density at radius 3 is 2.50 bits per heavy atom. The number of nitrogens with one attached hydrogen (secondary N) is 2. The van der Waals surface area contributed by atoms with Crippen LogP contribution < -0.4 is 16.4 Å². The van der Waals surface area contributed by atoms with Crippen LogP contribution >= 0.6 is 23.1 Å². The molecule has 2 amide bonds. The van der Waals surface area contributed by atoms with E-state index < -0.39 is 34.6 Å². The Hall–Kier alpha value is -4.20. The lowest BCUT2D eigenvalue weighted by Gasteiger charge is -2.29. The number of halogens is 1. The number of allylic oxidation sites excluding steroid dienone is 1. The van der Waals surface area contributed by atoms with E-state index in [2.05, 4.69) is 27.2 Å². The van der Waals surface area contributed by atoms with Crippen molar-refractivity contribution in [2.45, 2.75) is 62.5 Å². The number of ether oxygens (including phenoxy) is 1. The number of amides is 2. The van der Waals surface area contributed by atoms with Crippen LogP contribution in [0.25, 0.3) is 0 Å². The molecule has 0 saturated heterocycles. The number of carbonyl (C=O) groups is 2. The van der Waals surface area contributed by atoms with Crippen LogP contribution in [0.5, 0.6) is 0 Å². The number of hydrogen-bond donors (Lipinski definition) is 4. The van der Waals surface area contributed by atoms with Crippen molar-refractivity contribution in [3.63, 3.8) is 0 Å². The van der Waals surface area contributed by atoms with Crippen molar-refractivity contribution in [3.05, 3.63) is 101 Å². The summed E-state index contributed by atoms with van der Waals surface area (Å²) < 4.78 is 21.5. The molecule has 0 fully saturated rings. The molecule has 0 bridgehead atoms. The lowest BCUT2D eigenvalue weighted by atomic mass is 9.89. The van der Waals surface area contributed by atoms with Crippen molar-refractivity contribution in [2.24, 2.45) is 5.73 Å².